The van der Waals surface area contributed by atoms with Gasteiger partial charge in [-0.1, -0.05) is 31.2 Å². The van der Waals surface area contributed by atoms with Gasteiger partial charge in [-0.2, -0.15) is 0 Å². The number of aliphatic imine (C=N–C) groups is 1. The molecule has 156 valence electrons. The molecule has 0 atom stereocenters. The average Bonchev–Trinajstić information content (AvgIpc) is 3.24. The van der Waals surface area contributed by atoms with E-state index >= 15 is 0 Å². The van der Waals surface area contributed by atoms with Crippen LogP contribution in [0.25, 0.3) is 0 Å². The summed E-state index contributed by atoms with van der Waals surface area (Å²) in [6, 6.07) is 8.82. The summed E-state index contributed by atoms with van der Waals surface area (Å²) < 4.78 is 0. The Kier molecular flexibility index (Phi) is 10.1. The van der Waals surface area contributed by atoms with E-state index in [-0.39, 0.29) is 24.0 Å². The minimum Gasteiger partial charge on any atom is -0.364 e. The van der Waals surface area contributed by atoms with Crippen molar-refractivity contribution >= 4 is 35.6 Å². The Hall–Kier alpha value is -1.28. The first-order chi connectivity index (χ1) is 13.2. The molecule has 2 N–H and O–H groups in total. The number of likely N-dealkylation sites (tertiary alicyclic amines) is 1. The third-order valence-corrected chi connectivity index (χ3v) is 5.62. The van der Waals surface area contributed by atoms with Gasteiger partial charge in [0, 0.05) is 38.9 Å². The molecule has 5 nitrogen and oxygen atoms in total. The molecule has 1 fully saturated rings. The molecule has 1 aromatic carbocycles. The SMILES string of the molecule is CN=C(NCCCN1CCC(C)CC1)NCc1ccc(N2CC=CC2)cc1.I. The summed E-state index contributed by atoms with van der Waals surface area (Å²) in [5.41, 5.74) is 2.56. The van der Waals surface area contributed by atoms with Crippen molar-refractivity contribution in [2.75, 3.05) is 51.2 Å². The van der Waals surface area contributed by atoms with Crippen LogP contribution >= 0.6 is 24.0 Å². The minimum absolute atomic E-state index is 0. The summed E-state index contributed by atoms with van der Waals surface area (Å²) in [6.07, 6.45) is 8.30. The van der Waals surface area contributed by atoms with Crippen molar-refractivity contribution < 1.29 is 0 Å². The molecule has 0 bridgehead atoms. The molecule has 0 unspecified atom stereocenters. The van der Waals surface area contributed by atoms with Crippen molar-refractivity contribution in [1.29, 1.82) is 0 Å². The van der Waals surface area contributed by atoms with Gasteiger partial charge >= 0.3 is 0 Å². The lowest BCUT2D eigenvalue weighted by molar-refractivity contribution is 0.191. The highest BCUT2D eigenvalue weighted by Gasteiger charge is 2.14. The highest BCUT2D eigenvalue weighted by molar-refractivity contribution is 14.0. The highest BCUT2D eigenvalue weighted by Crippen LogP contribution is 2.17. The first kappa shape index (κ1) is 23.0. The van der Waals surface area contributed by atoms with Gasteiger partial charge in [-0.3, -0.25) is 4.99 Å². The summed E-state index contributed by atoms with van der Waals surface area (Å²) in [6.45, 7) is 9.87. The maximum atomic E-state index is 4.34. The number of anilines is 1. The molecular weight excluding hydrogens is 461 g/mol. The van der Waals surface area contributed by atoms with Crippen molar-refractivity contribution in [3.63, 3.8) is 0 Å². The number of halogens is 1. The zero-order valence-electron chi connectivity index (χ0n) is 17.4. The summed E-state index contributed by atoms with van der Waals surface area (Å²) in [5.74, 6) is 1.79. The van der Waals surface area contributed by atoms with Gasteiger partial charge in [0.25, 0.3) is 0 Å². The third kappa shape index (κ3) is 7.28. The molecule has 28 heavy (non-hydrogen) atoms. The number of guanidine groups is 1. The molecule has 2 heterocycles. The molecule has 0 aromatic heterocycles. The van der Waals surface area contributed by atoms with Gasteiger partial charge in [0.2, 0.25) is 0 Å². The molecular formula is C22H36IN5. The van der Waals surface area contributed by atoms with Crippen molar-refractivity contribution in [3.05, 3.63) is 42.0 Å². The molecule has 2 aliphatic rings. The first-order valence-corrected chi connectivity index (χ1v) is 10.4. The summed E-state index contributed by atoms with van der Waals surface area (Å²) in [4.78, 5) is 9.30. The number of hydrogen-bond acceptors (Lipinski definition) is 3. The van der Waals surface area contributed by atoms with Crippen LogP contribution in [0.5, 0.6) is 0 Å². The number of nitrogens with zero attached hydrogens (tertiary/aromatic N) is 3. The van der Waals surface area contributed by atoms with Crippen molar-refractivity contribution in [2.24, 2.45) is 10.9 Å². The number of nitrogens with one attached hydrogen (secondary N) is 2. The monoisotopic (exact) mass is 497 g/mol. The van der Waals surface area contributed by atoms with E-state index in [1.54, 1.807) is 0 Å². The summed E-state index contributed by atoms with van der Waals surface area (Å²) >= 11 is 0. The van der Waals surface area contributed by atoms with Crippen LogP contribution in [0, 0.1) is 5.92 Å². The van der Waals surface area contributed by atoms with Gasteiger partial charge in [-0.05, 0) is 62.5 Å². The van der Waals surface area contributed by atoms with Gasteiger partial charge in [0.15, 0.2) is 5.96 Å². The summed E-state index contributed by atoms with van der Waals surface area (Å²) in [5, 5.41) is 6.86. The van der Waals surface area contributed by atoms with Crippen LogP contribution in [0.3, 0.4) is 0 Å². The second-order valence-electron chi connectivity index (χ2n) is 7.77. The summed E-state index contributed by atoms with van der Waals surface area (Å²) in [7, 11) is 1.84. The molecule has 0 amide bonds. The van der Waals surface area contributed by atoms with E-state index in [4.69, 9.17) is 0 Å². The Balaban J connectivity index is 0.00000280. The van der Waals surface area contributed by atoms with E-state index < -0.39 is 0 Å². The van der Waals surface area contributed by atoms with E-state index in [2.05, 4.69) is 68.8 Å². The van der Waals surface area contributed by atoms with Crippen LogP contribution in [0.1, 0.15) is 31.7 Å². The van der Waals surface area contributed by atoms with E-state index in [0.717, 1.165) is 44.5 Å². The van der Waals surface area contributed by atoms with Crippen molar-refractivity contribution in [2.45, 2.75) is 32.7 Å². The molecule has 0 spiro atoms. The standard InChI is InChI=1S/C22H35N5.HI/c1-19-10-16-26(17-11-19)13-5-12-24-22(23-2)25-18-20-6-8-21(9-7-20)27-14-3-4-15-27;/h3-4,6-9,19H,5,10-18H2,1-2H3,(H2,23,24,25);1H. The molecule has 0 radical (unpaired) electrons. The maximum absolute atomic E-state index is 4.34. The lowest BCUT2D eigenvalue weighted by Crippen LogP contribution is -2.39. The fourth-order valence-corrected chi connectivity index (χ4v) is 3.72. The Labute approximate surface area is 187 Å². The Bertz CT molecular complexity index is 612. The van der Waals surface area contributed by atoms with Gasteiger partial charge < -0.3 is 20.4 Å². The fraction of sp³-hybridized carbons (Fsp3) is 0.591. The average molecular weight is 497 g/mol. The van der Waals surface area contributed by atoms with Crippen LogP contribution in [0.2, 0.25) is 0 Å². The molecule has 1 saturated heterocycles. The van der Waals surface area contributed by atoms with Crippen molar-refractivity contribution in [3.8, 4) is 0 Å². The van der Waals surface area contributed by atoms with Crippen LogP contribution in [0.15, 0.2) is 41.4 Å². The minimum atomic E-state index is 0. The molecule has 2 aliphatic heterocycles. The maximum Gasteiger partial charge on any atom is 0.191 e. The van der Waals surface area contributed by atoms with Crippen molar-refractivity contribution in [1.82, 2.24) is 15.5 Å². The van der Waals surface area contributed by atoms with Gasteiger partial charge in [-0.15, -0.1) is 24.0 Å². The molecule has 6 heteroatoms. The number of piperidine rings is 1. The van der Waals surface area contributed by atoms with Gasteiger partial charge in [0.1, 0.15) is 0 Å². The second-order valence-corrected chi connectivity index (χ2v) is 7.77. The van der Waals surface area contributed by atoms with E-state index in [9.17, 15) is 0 Å². The lowest BCUT2D eigenvalue weighted by atomic mass is 9.99. The zero-order chi connectivity index (χ0) is 18.9. The molecule has 0 saturated carbocycles. The number of rotatable bonds is 7. The number of hydrogen-bond donors (Lipinski definition) is 2. The first-order valence-electron chi connectivity index (χ1n) is 10.4. The predicted molar refractivity (Wildman–Crippen MR) is 131 cm³/mol. The van der Waals surface area contributed by atoms with E-state index in [1.165, 1.54) is 43.7 Å². The number of benzene rings is 1. The topological polar surface area (TPSA) is 42.9 Å². The van der Waals surface area contributed by atoms with E-state index in [1.807, 2.05) is 7.05 Å². The van der Waals surface area contributed by atoms with Crippen LogP contribution in [0.4, 0.5) is 5.69 Å². The Morgan fingerprint density at radius 2 is 1.75 bits per heavy atom. The zero-order valence-corrected chi connectivity index (χ0v) is 19.7. The largest absolute Gasteiger partial charge is 0.364 e. The fourth-order valence-electron chi connectivity index (χ4n) is 3.72. The van der Waals surface area contributed by atoms with Gasteiger partial charge in [-0.25, -0.2) is 0 Å². The third-order valence-electron chi connectivity index (χ3n) is 5.62. The lowest BCUT2D eigenvalue weighted by Gasteiger charge is -2.30. The van der Waals surface area contributed by atoms with Gasteiger partial charge in [0.05, 0.1) is 0 Å². The molecule has 0 aliphatic carbocycles. The Morgan fingerprint density at radius 1 is 1.07 bits per heavy atom. The van der Waals surface area contributed by atoms with Crippen LogP contribution < -0.4 is 15.5 Å². The molecule has 3 rings (SSSR count). The highest BCUT2D eigenvalue weighted by atomic mass is 127. The Morgan fingerprint density at radius 3 is 2.39 bits per heavy atom. The van der Waals surface area contributed by atoms with Crippen LogP contribution in [-0.4, -0.2) is 57.2 Å². The smallest absolute Gasteiger partial charge is 0.191 e. The predicted octanol–water partition coefficient (Wildman–Crippen LogP) is 3.47. The van der Waals surface area contributed by atoms with Crippen LogP contribution in [-0.2, 0) is 6.54 Å². The molecule has 1 aromatic rings. The normalized spacial score (nSPS) is 18.2. The quantitative estimate of drug-likeness (QED) is 0.199. The second kappa shape index (κ2) is 12.3. The van der Waals surface area contributed by atoms with E-state index in [0.29, 0.717) is 0 Å².